The number of benzene rings is 2. The van der Waals surface area contributed by atoms with Crippen LogP contribution in [-0.4, -0.2) is 19.6 Å². The molecule has 1 aliphatic rings. The van der Waals surface area contributed by atoms with Crippen LogP contribution < -0.4 is 15.4 Å². The number of carbonyl (C=O) groups is 1. The van der Waals surface area contributed by atoms with Gasteiger partial charge in [-0.1, -0.05) is 39.0 Å². The summed E-state index contributed by atoms with van der Waals surface area (Å²) >= 11 is 0. The number of hydrogen-bond acceptors (Lipinski definition) is 3. The van der Waals surface area contributed by atoms with E-state index in [0.717, 1.165) is 42.7 Å². The molecule has 0 saturated heterocycles. The van der Waals surface area contributed by atoms with Crippen LogP contribution in [0.15, 0.2) is 36.4 Å². The Hall–Kier alpha value is -2.49. The van der Waals surface area contributed by atoms with Crippen LogP contribution in [0.4, 0.5) is 11.4 Å². The molecule has 2 N–H and O–H groups in total. The Morgan fingerprint density at radius 1 is 1.15 bits per heavy atom. The summed E-state index contributed by atoms with van der Waals surface area (Å²) in [6.45, 7) is 7.33. The topological polar surface area (TPSA) is 50.4 Å². The number of aryl methyl sites for hydroxylation is 1. The first-order chi connectivity index (χ1) is 12.4. The van der Waals surface area contributed by atoms with Gasteiger partial charge in [-0.25, -0.2) is 0 Å². The Kier molecular flexibility index (Phi) is 5.21. The van der Waals surface area contributed by atoms with Gasteiger partial charge in [-0.15, -0.1) is 0 Å². The molecule has 1 heterocycles. The maximum absolute atomic E-state index is 13.0. The molecule has 0 unspecified atom stereocenters. The molecule has 2 aromatic rings. The number of methoxy groups -OCH3 is 1. The Bertz CT molecular complexity index is 806. The molecule has 0 atom stereocenters. The third-order valence-corrected chi connectivity index (χ3v) is 4.84. The van der Waals surface area contributed by atoms with E-state index in [1.807, 2.05) is 36.4 Å². The second kappa shape index (κ2) is 7.40. The molecule has 2 aromatic carbocycles. The van der Waals surface area contributed by atoms with Crippen molar-refractivity contribution in [1.29, 1.82) is 0 Å². The Labute approximate surface area is 156 Å². The first kappa shape index (κ1) is 18.3. The van der Waals surface area contributed by atoms with Crippen molar-refractivity contribution in [3.63, 3.8) is 0 Å². The third-order valence-electron chi connectivity index (χ3n) is 4.84. The average molecular weight is 352 g/mol. The second-order valence-electron chi connectivity index (χ2n) is 7.84. The fourth-order valence-electron chi connectivity index (χ4n) is 3.45. The van der Waals surface area contributed by atoms with Crippen LogP contribution in [0, 0.1) is 0 Å². The van der Waals surface area contributed by atoms with Crippen molar-refractivity contribution in [3.05, 3.63) is 53.1 Å². The summed E-state index contributed by atoms with van der Waals surface area (Å²) in [5, 5.41) is 6.52. The highest BCUT2D eigenvalue weighted by Crippen LogP contribution is 2.34. The first-order valence-electron chi connectivity index (χ1n) is 9.26. The molecule has 138 valence electrons. The van der Waals surface area contributed by atoms with Crippen molar-refractivity contribution in [2.75, 3.05) is 24.3 Å². The lowest BCUT2D eigenvalue weighted by atomic mass is 9.83. The second-order valence-corrected chi connectivity index (χ2v) is 7.84. The molecule has 0 fully saturated rings. The zero-order valence-electron chi connectivity index (χ0n) is 16.1. The number of carbonyl (C=O) groups excluding carboxylic acids is 1. The maximum Gasteiger partial charge on any atom is 0.256 e. The third kappa shape index (κ3) is 3.85. The van der Waals surface area contributed by atoms with Gasteiger partial charge in [0, 0.05) is 23.9 Å². The van der Waals surface area contributed by atoms with Crippen molar-refractivity contribution in [2.45, 2.75) is 45.4 Å². The predicted octanol–water partition coefficient (Wildman–Crippen LogP) is 4.99. The van der Waals surface area contributed by atoms with Crippen LogP contribution in [0.5, 0.6) is 5.75 Å². The standard InChI is InChI=1S/C22H28N2O2/c1-22(2,3)17-11-6-5-10-16(17)21(25)24-19-13-15-9-7-8-12-23-18(15)14-20(19)26-4/h5-6,10-11,13-14,23H,7-9,12H2,1-4H3,(H,24,25). The van der Waals surface area contributed by atoms with Crippen molar-refractivity contribution < 1.29 is 9.53 Å². The van der Waals surface area contributed by atoms with Crippen molar-refractivity contribution in [3.8, 4) is 5.75 Å². The van der Waals surface area contributed by atoms with Crippen molar-refractivity contribution in [1.82, 2.24) is 0 Å². The maximum atomic E-state index is 13.0. The summed E-state index contributed by atoms with van der Waals surface area (Å²) in [5.74, 6) is 0.579. The summed E-state index contributed by atoms with van der Waals surface area (Å²) in [6, 6.07) is 11.8. The quantitative estimate of drug-likeness (QED) is 0.818. The van der Waals surface area contributed by atoms with Crippen LogP contribution in [0.2, 0.25) is 0 Å². The van der Waals surface area contributed by atoms with E-state index in [2.05, 4.69) is 31.4 Å². The fourth-order valence-corrected chi connectivity index (χ4v) is 3.45. The molecule has 3 rings (SSSR count). The minimum Gasteiger partial charge on any atom is -0.494 e. The van der Waals surface area contributed by atoms with Gasteiger partial charge in [-0.05, 0) is 47.9 Å². The van der Waals surface area contributed by atoms with E-state index in [9.17, 15) is 4.79 Å². The van der Waals surface area contributed by atoms with Gasteiger partial charge >= 0.3 is 0 Å². The zero-order chi connectivity index (χ0) is 18.7. The van der Waals surface area contributed by atoms with E-state index in [4.69, 9.17) is 4.74 Å². The fraction of sp³-hybridized carbons (Fsp3) is 0.409. The van der Waals surface area contributed by atoms with Gasteiger partial charge in [0.15, 0.2) is 0 Å². The van der Waals surface area contributed by atoms with Crippen LogP contribution in [0.25, 0.3) is 0 Å². The van der Waals surface area contributed by atoms with Crippen LogP contribution in [0.1, 0.15) is 55.1 Å². The Morgan fingerprint density at radius 3 is 2.65 bits per heavy atom. The molecule has 1 amide bonds. The lowest BCUT2D eigenvalue weighted by Crippen LogP contribution is -2.21. The van der Waals surface area contributed by atoms with Gasteiger partial charge in [-0.3, -0.25) is 4.79 Å². The summed E-state index contributed by atoms with van der Waals surface area (Å²) in [7, 11) is 1.64. The van der Waals surface area contributed by atoms with Gasteiger partial charge < -0.3 is 15.4 Å². The van der Waals surface area contributed by atoms with Gasteiger partial charge in [0.25, 0.3) is 5.91 Å². The number of ether oxygens (including phenoxy) is 1. The van der Waals surface area contributed by atoms with E-state index in [-0.39, 0.29) is 11.3 Å². The van der Waals surface area contributed by atoms with E-state index in [0.29, 0.717) is 11.3 Å². The van der Waals surface area contributed by atoms with Gasteiger partial charge in [-0.2, -0.15) is 0 Å². The predicted molar refractivity (Wildman–Crippen MR) is 108 cm³/mol. The summed E-state index contributed by atoms with van der Waals surface area (Å²) in [6.07, 6.45) is 3.30. The van der Waals surface area contributed by atoms with E-state index < -0.39 is 0 Å². The molecule has 0 radical (unpaired) electrons. The van der Waals surface area contributed by atoms with Crippen molar-refractivity contribution >= 4 is 17.3 Å². The van der Waals surface area contributed by atoms with E-state index in [1.54, 1.807) is 7.11 Å². The average Bonchev–Trinajstić information content (AvgIpc) is 2.85. The number of anilines is 2. The summed E-state index contributed by atoms with van der Waals surface area (Å²) < 4.78 is 5.53. The molecular formula is C22H28N2O2. The van der Waals surface area contributed by atoms with E-state index in [1.165, 1.54) is 5.56 Å². The summed E-state index contributed by atoms with van der Waals surface area (Å²) in [4.78, 5) is 13.0. The first-order valence-corrected chi connectivity index (χ1v) is 9.26. The number of nitrogens with one attached hydrogen (secondary N) is 2. The molecule has 0 saturated carbocycles. The van der Waals surface area contributed by atoms with Crippen LogP contribution in [-0.2, 0) is 11.8 Å². The molecule has 0 aromatic heterocycles. The zero-order valence-corrected chi connectivity index (χ0v) is 16.1. The number of rotatable bonds is 3. The Morgan fingerprint density at radius 2 is 1.92 bits per heavy atom. The van der Waals surface area contributed by atoms with Gasteiger partial charge in [0.1, 0.15) is 5.75 Å². The lowest BCUT2D eigenvalue weighted by Gasteiger charge is -2.23. The largest absolute Gasteiger partial charge is 0.494 e. The molecule has 0 spiro atoms. The molecular weight excluding hydrogens is 324 g/mol. The molecule has 26 heavy (non-hydrogen) atoms. The molecule has 4 heteroatoms. The normalized spacial score (nSPS) is 14.0. The molecule has 1 aliphatic heterocycles. The highest BCUT2D eigenvalue weighted by Gasteiger charge is 2.22. The molecule has 4 nitrogen and oxygen atoms in total. The van der Waals surface area contributed by atoms with Crippen LogP contribution >= 0.6 is 0 Å². The van der Waals surface area contributed by atoms with Gasteiger partial charge in [0.2, 0.25) is 0 Å². The minimum atomic E-state index is -0.102. The number of fused-ring (bicyclic) bond motifs is 1. The van der Waals surface area contributed by atoms with E-state index >= 15 is 0 Å². The number of hydrogen-bond donors (Lipinski definition) is 2. The van der Waals surface area contributed by atoms with Crippen molar-refractivity contribution in [2.24, 2.45) is 0 Å². The van der Waals surface area contributed by atoms with Crippen LogP contribution in [0.3, 0.4) is 0 Å². The summed E-state index contributed by atoms with van der Waals surface area (Å²) in [5.41, 5.74) is 4.69. The lowest BCUT2D eigenvalue weighted by molar-refractivity contribution is 0.102. The Balaban J connectivity index is 1.94. The van der Waals surface area contributed by atoms with Gasteiger partial charge in [0.05, 0.1) is 12.8 Å². The molecule has 0 bridgehead atoms. The SMILES string of the molecule is COc1cc2c(cc1NC(=O)c1ccccc1C(C)(C)C)CCCCN2. The highest BCUT2D eigenvalue weighted by atomic mass is 16.5. The molecule has 0 aliphatic carbocycles. The highest BCUT2D eigenvalue weighted by molar-refractivity contribution is 6.06. The minimum absolute atomic E-state index is 0.101. The number of amides is 1. The monoisotopic (exact) mass is 352 g/mol. The smallest absolute Gasteiger partial charge is 0.256 e.